The molecule has 0 saturated carbocycles. The first kappa shape index (κ1) is 14.7. The summed E-state index contributed by atoms with van der Waals surface area (Å²) >= 11 is 0. The SMILES string of the molecule is O=C(CNC(=O)c1ccco1)NCCC(O)C(=O)O. The van der Waals surface area contributed by atoms with Crippen molar-refractivity contribution < 1.29 is 29.0 Å². The molecule has 0 aliphatic heterocycles. The molecule has 1 unspecified atom stereocenters. The summed E-state index contributed by atoms with van der Waals surface area (Å²) in [5, 5.41) is 22.0. The molecule has 4 N–H and O–H groups in total. The van der Waals surface area contributed by atoms with E-state index in [0.29, 0.717) is 0 Å². The molecule has 0 radical (unpaired) electrons. The topological polar surface area (TPSA) is 129 Å². The van der Waals surface area contributed by atoms with Crippen molar-refractivity contribution in [3.8, 4) is 0 Å². The summed E-state index contributed by atoms with van der Waals surface area (Å²) in [4.78, 5) is 33.0. The average molecular weight is 270 g/mol. The third kappa shape index (κ3) is 5.21. The highest BCUT2D eigenvalue weighted by molar-refractivity contribution is 5.94. The molecule has 0 aromatic carbocycles. The van der Waals surface area contributed by atoms with Crippen molar-refractivity contribution in [1.82, 2.24) is 10.6 Å². The first-order valence-corrected chi connectivity index (χ1v) is 5.50. The van der Waals surface area contributed by atoms with Gasteiger partial charge in [-0.15, -0.1) is 0 Å². The number of carbonyl (C=O) groups is 3. The number of carboxylic acid groups (broad SMARTS) is 1. The number of amides is 2. The number of aliphatic carboxylic acids is 1. The predicted molar refractivity (Wildman–Crippen MR) is 62.3 cm³/mol. The maximum Gasteiger partial charge on any atom is 0.332 e. The Balaban J connectivity index is 2.18. The first-order valence-electron chi connectivity index (χ1n) is 5.50. The van der Waals surface area contributed by atoms with Gasteiger partial charge in [-0.25, -0.2) is 4.79 Å². The van der Waals surface area contributed by atoms with Gasteiger partial charge in [0, 0.05) is 13.0 Å². The van der Waals surface area contributed by atoms with Gasteiger partial charge in [-0.3, -0.25) is 9.59 Å². The van der Waals surface area contributed by atoms with Gasteiger partial charge in [0.25, 0.3) is 5.91 Å². The summed E-state index contributed by atoms with van der Waals surface area (Å²) in [6.07, 6.45) is -0.284. The molecular formula is C11H14N2O6. The number of aliphatic hydroxyl groups is 1. The molecule has 104 valence electrons. The van der Waals surface area contributed by atoms with Crippen LogP contribution < -0.4 is 10.6 Å². The van der Waals surface area contributed by atoms with Crippen LogP contribution in [0, 0.1) is 0 Å². The quantitative estimate of drug-likeness (QED) is 0.501. The molecule has 0 saturated heterocycles. The minimum atomic E-state index is -1.52. The number of aliphatic hydroxyl groups excluding tert-OH is 1. The number of nitrogens with one attached hydrogen (secondary N) is 2. The molecule has 19 heavy (non-hydrogen) atoms. The minimum absolute atomic E-state index is 0.00290. The largest absolute Gasteiger partial charge is 0.479 e. The zero-order valence-electron chi connectivity index (χ0n) is 9.96. The van der Waals surface area contributed by atoms with Crippen molar-refractivity contribution in [1.29, 1.82) is 0 Å². The molecule has 0 fully saturated rings. The molecule has 0 spiro atoms. The fraction of sp³-hybridized carbons (Fsp3) is 0.364. The lowest BCUT2D eigenvalue weighted by Gasteiger charge is -2.07. The second-order valence-corrected chi connectivity index (χ2v) is 3.65. The number of carboxylic acids is 1. The fourth-order valence-electron chi connectivity index (χ4n) is 1.19. The van der Waals surface area contributed by atoms with E-state index in [1.165, 1.54) is 12.3 Å². The zero-order chi connectivity index (χ0) is 14.3. The second kappa shape index (κ2) is 7.17. The van der Waals surface area contributed by atoms with E-state index in [-0.39, 0.29) is 25.3 Å². The second-order valence-electron chi connectivity index (χ2n) is 3.65. The van der Waals surface area contributed by atoms with Crippen molar-refractivity contribution >= 4 is 17.8 Å². The Labute approximate surface area is 108 Å². The van der Waals surface area contributed by atoms with Gasteiger partial charge in [0.05, 0.1) is 12.8 Å². The van der Waals surface area contributed by atoms with Gasteiger partial charge in [0.2, 0.25) is 5.91 Å². The summed E-state index contributed by atoms with van der Waals surface area (Å²) in [7, 11) is 0. The van der Waals surface area contributed by atoms with E-state index in [0.717, 1.165) is 0 Å². The van der Waals surface area contributed by atoms with Gasteiger partial charge in [-0.1, -0.05) is 0 Å². The number of carbonyl (C=O) groups excluding carboxylic acids is 2. The van der Waals surface area contributed by atoms with Gasteiger partial charge < -0.3 is 25.3 Å². The van der Waals surface area contributed by atoms with Gasteiger partial charge in [0.15, 0.2) is 11.9 Å². The molecule has 0 bridgehead atoms. The monoisotopic (exact) mass is 270 g/mol. The lowest BCUT2D eigenvalue weighted by atomic mass is 10.2. The number of hydrogen-bond donors (Lipinski definition) is 4. The molecule has 8 heteroatoms. The molecule has 1 rings (SSSR count). The third-order valence-electron chi connectivity index (χ3n) is 2.18. The van der Waals surface area contributed by atoms with E-state index in [9.17, 15) is 14.4 Å². The van der Waals surface area contributed by atoms with E-state index in [4.69, 9.17) is 14.6 Å². The lowest BCUT2D eigenvalue weighted by molar-refractivity contribution is -0.147. The Bertz CT molecular complexity index is 442. The minimum Gasteiger partial charge on any atom is -0.479 e. The Hall–Kier alpha value is -2.35. The summed E-state index contributed by atoms with van der Waals surface area (Å²) in [6.45, 7) is -0.258. The highest BCUT2D eigenvalue weighted by Crippen LogP contribution is 1.98. The number of hydrogen-bond acceptors (Lipinski definition) is 5. The van der Waals surface area contributed by atoms with Crippen molar-refractivity contribution in [2.75, 3.05) is 13.1 Å². The van der Waals surface area contributed by atoms with Crippen LogP contribution in [-0.2, 0) is 9.59 Å². The lowest BCUT2D eigenvalue weighted by Crippen LogP contribution is -2.38. The predicted octanol–water partition coefficient (Wildman–Crippen LogP) is -1.04. The van der Waals surface area contributed by atoms with Crippen LogP contribution in [0.3, 0.4) is 0 Å². The average Bonchev–Trinajstić information content (AvgIpc) is 2.89. The van der Waals surface area contributed by atoms with Crippen LogP contribution >= 0.6 is 0 Å². The van der Waals surface area contributed by atoms with Crippen LogP contribution in [0.4, 0.5) is 0 Å². The fourth-order valence-corrected chi connectivity index (χ4v) is 1.19. The van der Waals surface area contributed by atoms with Crippen LogP contribution in [0.5, 0.6) is 0 Å². The Morgan fingerprint density at radius 2 is 2.05 bits per heavy atom. The van der Waals surface area contributed by atoms with E-state index in [1.54, 1.807) is 6.07 Å². The number of rotatable bonds is 7. The Kier molecular flexibility index (Phi) is 5.55. The van der Waals surface area contributed by atoms with E-state index >= 15 is 0 Å². The standard InChI is InChI=1S/C11H14N2O6/c14-7(11(17)18)3-4-12-9(15)6-13-10(16)8-2-1-5-19-8/h1-2,5,7,14H,3-4,6H2,(H,12,15)(H,13,16)(H,17,18). The van der Waals surface area contributed by atoms with Crippen LogP contribution in [0.25, 0.3) is 0 Å². The normalized spacial score (nSPS) is 11.6. The zero-order valence-corrected chi connectivity index (χ0v) is 9.96. The summed E-state index contributed by atoms with van der Waals surface area (Å²) < 4.78 is 4.82. The van der Waals surface area contributed by atoms with Crippen LogP contribution in [-0.4, -0.2) is 47.2 Å². The maximum atomic E-state index is 11.4. The van der Waals surface area contributed by atoms with Crippen molar-refractivity contribution in [3.05, 3.63) is 24.2 Å². The van der Waals surface area contributed by atoms with E-state index in [1.807, 2.05) is 0 Å². The van der Waals surface area contributed by atoms with Crippen molar-refractivity contribution in [3.63, 3.8) is 0 Å². The first-order chi connectivity index (χ1) is 9.00. The third-order valence-corrected chi connectivity index (χ3v) is 2.18. The summed E-state index contributed by atoms with van der Waals surface area (Å²) in [6, 6.07) is 3.00. The Morgan fingerprint density at radius 3 is 2.63 bits per heavy atom. The molecule has 0 aliphatic carbocycles. The molecule has 2 amide bonds. The molecule has 1 aromatic heterocycles. The van der Waals surface area contributed by atoms with E-state index < -0.39 is 23.9 Å². The van der Waals surface area contributed by atoms with Crippen molar-refractivity contribution in [2.24, 2.45) is 0 Å². The van der Waals surface area contributed by atoms with Gasteiger partial charge in [-0.05, 0) is 12.1 Å². The maximum absolute atomic E-state index is 11.4. The summed E-state index contributed by atoms with van der Waals surface area (Å²) in [5.41, 5.74) is 0. The van der Waals surface area contributed by atoms with Crippen LogP contribution in [0.1, 0.15) is 17.0 Å². The summed E-state index contributed by atoms with van der Waals surface area (Å²) in [5.74, 6) is -2.27. The Morgan fingerprint density at radius 1 is 1.32 bits per heavy atom. The molecule has 0 aliphatic rings. The van der Waals surface area contributed by atoms with Gasteiger partial charge >= 0.3 is 5.97 Å². The smallest absolute Gasteiger partial charge is 0.332 e. The van der Waals surface area contributed by atoms with Crippen molar-refractivity contribution in [2.45, 2.75) is 12.5 Å². The van der Waals surface area contributed by atoms with Crippen LogP contribution in [0.15, 0.2) is 22.8 Å². The molecule has 1 atom stereocenters. The van der Waals surface area contributed by atoms with Crippen LogP contribution in [0.2, 0.25) is 0 Å². The molecule has 1 aromatic rings. The van der Waals surface area contributed by atoms with Gasteiger partial charge in [-0.2, -0.15) is 0 Å². The molecular weight excluding hydrogens is 256 g/mol. The molecule has 8 nitrogen and oxygen atoms in total. The van der Waals surface area contributed by atoms with Gasteiger partial charge in [0.1, 0.15) is 0 Å². The molecule has 1 heterocycles. The highest BCUT2D eigenvalue weighted by Gasteiger charge is 2.13. The van der Waals surface area contributed by atoms with E-state index in [2.05, 4.69) is 10.6 Å². The number of furan rings is 1. The highest BCUT2D eigenvalue weighted by atomic mass is 16.4.